The van der Waals surface area contributed by atoms with Gasteiger partial charge in [-0.15, -0.1) is 0 Å². The van der Waals surface area contributed by atoms with Gasteiger partial charge in [0, 0.05) is 18.7 Å². The molecular weight excluding hydrogens is 310 g/mol. The maximum absolute atomic E-state index is 11.6. The van der Waals surface area contributed by atoms with Gasteiger partial charge in [0.2, 0.25) is 5.91 Å². The quantitative estimate of drug-likeness (QED) is 0.780. The SMILES string of the molecule is CSCCC(=O)NCC(Cc1ccc2ccccc2c1)C(=O)O. The lowest BCUT2D eigenvalue weighted by molar-refractivity contribution is -0.141. The zero-order chi connectivity index (χ0) is 16.7. The van der Waals surface area contributed by atoms with Crippen molar-refractivity contribution in [2.45, 2.75) is 12.8 Å². The van der Waals surface area contributed by atoms with Crippen LogP contribution in [0.4, 0.5) is 0 Å². The molecule has 0 saturated carbocycles. The van der Waals surface area contributed by atoms with Crippen molar-refractivity contribution in [1.29, 1.82) is 0 Å². The highest BCUT2D eigenvalue weighted by Gasteiger charge is 2.19. The second-order valence-electron chi connectivity index (χ2n) is 5.47. The molecule has 0 fully saturated rings. The lowest BCUT2D eigenvalue weighted by Gasteiger charge is -2.14. The molecule has 0 aliphatic carbocycles. The van der Waals surface area contributed by atoms with Gasteiger partial charge in [-0.05, 0) is 29.0 Å². The van der Waals surface area contributed by atoms with Crippen molar-refractivity contribution >= 4 is 34.4 Å². The van der Waals surface area contributed by atoms with E-state index in [1.165, 1.54) is 0 Å². The van der Waals surface area contributed by atoms with E-state index in [2.05, 4.69) is 5.32 Å². The first-order valence-corrected chi connectivity index (χ1v) is 8.95. The van der Waals surface area contributed by atoms with Gasteiger partial charge in [-0.2, -0.15) is 11.8 Å². The molecule has 0 bridgehead atoms. The monoisotopic (exact) mass is 331 g/mol. The van der Waals surface area contributed by atoms with E-state index in [1.807, 2.05) is 48.7 Å². The Labute approximate surface area is 140 Å². The Kier molecular flexibility index (Phi) is 6.47. The number of amides is 1. The molecule has 122 valence electrons. The number of carbonyl (C=O) groups is 2. The Morgan fingerprint density at radius 1 is 1.17 bits per heavy atom. The van der Waals surface area contributed by atoms with Crippen LogP contribution in [0.3, 0.4) is 0 Å². The van der Waals surface area contributed by atoms with Gasteiger partial charge in [0.05, 0.1) is 5.92 Å². The molecule has 0 aromatic heterocycles. The van der Waals surface area contributed by atoms with E-state index in [9.17, 15) is 14.7 Å². The summed E-state index contributed by atoms with van der Waals surface area (Å²) < 4.78 is 0. The van der Waals surface area contributed by atoms with Crippen LogP contribution in [0.1, 0.15) is 12.0 Å². The number of hydrogen-bond acceptors (Lipinski definition) is 3. The molecule has 5 heteroatoms. The summed E-state index contributed by atoms with van der Waals surface area (Å²) in [6, 6.07) is 14.0. The van der Waals surface area contributed by atoms with Crippen LogP contribution in [-0.4, -0.2) is 35.5 Å². The standard InChI is InChI=1S/C18H21NO3S/c1-23-9-8-17(20)19-12-16(18(21)22)11-13-6-7-14-4-2-3-5-15(14)10-13/h2-7,10,16H,8-9,11-12H2,1H3,(H,19,20)(H,21,22). The first-order chi connectivity index (χ1) is 11.1. The number of rotatable bonds is 8. The van der Waals surface area contributed by atoms with Gasteiger partial charge in [0.1, 0.15) is 0 Å². The van der Waals surface area contributed by atoms with E-state index in [4.69, 9.17) is 0 Å². The highest BCUT2D eigenvalue weighted by molar-refractivity contribution is 7.98. The summed E-state index contributed by atoms with van der Waals surface area (Å²) >= 11 is 1.60. The maximum atomic E-state index is 11.6. The first-order valence-electron chi connectivity index (χ1n) is 7.56. The predicted octanol–water partition coefficient (Wildman–Crippen LogP) is 2.95. The van der Waals surface area contributed by atoms with Gasteiger partial charge >= 0.3 is 5.97 Å². The Bertz CT molecular complexity index is 687. The Morgan fingerprint density at radius 2 is 1.91 bits per heavy atom. The molecule has 2 rings (SSSR count). The zero-order valence-electron chi connectivity index (χ0n) is 13.1. The third kappa shape index (κ3) is 5.28. The summed E-state index contributed by atoms with van der Waals surface area (Å²) in [5.41, 5.74) is 0.967. The van der Waals surface area contributed by atoms with Crippen LogP contribution in [0.2, 0.25) is 0 Å². The van der Waals surface area contributed by atoms with Gasteiger partial charge in [-0.25, -0.2) is 0 Å². The molecule has 1 atom stereocenters. The number of benzene rings is 2. The van der Waals surface area contributed by atoms with E-state index in [0.717, 1.165) is 22.1 Å². The summed E-state index contributed by atoms with van der Waals surface area (Å²) in [6.45, 7) is 0.162. The van der Waals surface area contributed by atoms with Gasteiger partial charge < -0.3 is 10.4 Å². The summed E-state index contributed by atoms with van der Waals surface area (Å²) in [4.78, 5) is 23.1. The normalized spacial score (nSPS) is 12.0. The highest BCUT2D eigenvalue weighted by atomic mass is 32.2. The number of fused-ring (bicyclic) bond motifs is 1. The van der Waals surface area contributed by atoms with Crippen LogP contribution in [0, 0.1) is 5.92 Å². The van der Waals surface area contributed by atoms with Crippen molar-refractivity contribution in [2.24, 2.45) is 5.92 Å². The summed E-state index contributed by atoms with van der Waals surface area (Å²) in [5.74, 6) is -0.851. The van der Waals surface area contributed by atoms with Crippen LogP contribution in [-0.2, 0) is 16.0 Å². The molecule has 2 N–H and O–H groups in total. The van der Waals surface area contributed by atoms with Gasteiger partial charge in [0.25, 0.3) is 0 Å². The molecule has 2 aromatic carbocycles. The van der Waals surface area contributed by atoms with E-state index in [-0.39, 0.29) is 12.5 Å². The van der Waals surface area contributed by atoms with E-state index < -0.39 is 11.9 Å². The second-order valence-corrected chi connectivity index (χ2v) is 6.45. The molecule has 23 heavy (non-hydrogen) atoms. The highest BCUT2D eigenvalue weighted by Crippen LogP contribution is 2.18. The Balaban J connectivity index is 2.00. The average Bonchev–Trinajstić information content (AvgIpc) is 2.56. The summed E-state index contributed by atoms with van der Waals surface area (Å²) in [6.07, 6.45) is 2.76. The molecule has 1 amide bonds. The summed E-state index contributed by atoms with van der Waals surface area (Å²) in [5, 5.41) is 14.3. The fourth-order valence-corrected chi connectivity index (χ4v) is 2.81. The molecule has 1 unspecified atom stereocenters. The molecular formula is C18H21NO3S. The summed E-state index contributed by atoms with van der Waals surface area (Å²) in [7, 11) is 0. The minimum atomic E-state index is -0.886. The number of carboxylic acids is 1. The van der Waals surface area contributed by atoms with Crippen molar-refractivity contribution in [3.05, 3.63) is 48.0 Å². The second kappa shape index (κ2) is 8.58. The fourth-order valence-electron chi connectivity index (χ4n) is 2.42. The number of aliphatic carboxylic acids is 1. The van der Waals surface area contributed by atoms with Crippen molar-refractivity contribution < 1.29 is 14.7 Å². The minimum Gasteiger partial charge on any atom is -0.481 e. The Morgan fingerprint density at radius 3 is 2.61 bits per heavy atom. The number of carboxylic acid groups (broad SMARTS) is 1. The fraction of sp³-hybridized carbons (Fsp3) is 0.333. The lowest BCUT2D eigenvalue weighted by Crippen LogP contribution is -2.34. The number of hydrogen-bond donors (Lipinski definition) is 2. The third-order valence-electron chi connectivity index (χ3n) is 3.72. The van der Waals surface area contributed by atoms with Gasteiger partial charge in [0.15, 0.2) is 0 Å². The molecule has 0 radical (unpaired) electrons. The Hall–Kier alpha value is -2.01. The molecule has 2 aromatic rings. The number of thioether (sulfide) groups is 1. The van der Waals surface area contributed by atoms with Crippen LogP contribution >= 0.6 is 11.8 Å². The molecule has 0 aliphatic rings. The lowest BCUT2D eigenvalue weighted by atomic mass is 9.97. The van der Waals surface area contributed by atoms with Crippen LogP contribution < -0.4 is 5.32 Å². The first kappa shape index (κ1) is 17.3. The van der Waals surface area contributed by atoms with Crippen molar-refractivity contribution in [3.8, 4) is 0 Å². The molecule has 0 spiro atoms. The van der Waals surface area contributed by atoms with Crippen LogP contribution in [0.5, 0.6) is 0 Å². The van der Waals surface area contributed by atoms with Gasteiger partial charge in [-0.3, -0.25) is 9.59 Å². The molecule has 0 saturated heterocycles. The topological polar surface area (TPSA) is 66.4 Å². The number of nitrogens with one attached hydrogen (secondary N) is 1. The van der Waals surface area contributed by atoms with Crippen LogP contribution in [0.25, 0.3) is 10.8 Å². The van der Waals surface area contributed by atoms with Gasteiger partial charge in [-0.1, -0.05) is 42.5 Å². The molecule has 4 nitrogen and oxygen atoms in total. The van der Waals surface area contributed by atoms with Crippen molar-refractivity contribution in [1.82, 2.24) is 5.32 Å². The average molecular weight is 331 g/mol. The smallest absolute Gasteiger partial charge is 0.308 e. The van der Waals surface area contributed by atoms with Crippen molar-refractivity contribution in [2.75, 3.05) is 18.6 Å². The molecule has 0 aliphatic heterocycles. The number of carbonyl (C=O) groups excluding carboxylic acids is 1. The maximum Gasteiger partial charge on any atom is 0.308 e. The van der Waals surface area contributed by atoms with Crippen LogP contribution in [0.15, 0.2) is 42.5 Å². The molecule has 0 heterocycles. The third-order valence-corrected chi connectivity index (χ3v) is 4.34. The largest absolute Gasteiger partial charge is 0.481 e. The minimum absolute atomic E-state index is 0.0934. The van der Waals surface area contributed by atoms with Crippen molar-refractivity contribution in [3.63, 3.8) is 0 Å². The van der Waals surface area contributed by atoms with E-state index >= 15 is 0 Å². The zero-order valence-corrected chi connectivity index (χ0v) is 13.9. The van der Waals surface area contributed by atoms with E-state index in [0.29, 0.717) is 12.8 Å². The van der Waals surface area contributed by atoms with E-state index in [1.54, 1.807) is 11.8 Å². The predicted molar refractivity (Wildman–Crippen MR) is 94.8 cm³/mol.